The van der Waals surface area contributed by atoms with Gasteiger partial charge in [-0.15, -0.1) is 0 Å². The van der Waals surface area contributed by atoms with Crippen LogP contribution in [0.4, 0.5) is 8.78 Å². The monoisotopic (exact) mass is 453 g/mol. The van der Waals surface area contributed by atoms with Crippen LogP contribution in [0.3, 0.4) is 0 Å². The van der Waals surface area contributed by atoms with Crippen LogP contribution >= 0.6 is 0 Å². The maximum atomic E-state index is 14.9. The number of aromatic nitrogens is 6. The summed E-state index contributed by atoms with van der Waals surface area (Å²) >= 11 is 0. The van der Waals surface area contributed by atoms with Crippen LogP contribution in [0.5, 0.6) is 0 Å². The first-order valence-electron chi connectivity index (χ1n) is 10.5. The minimum Gasteiger partial charge on any atom is -0.402 e. The molecular formula is C25H17F2N7. The van der Waals surface area contributed by atoms with Gasteiger partial charge < -0.3 is 10.7 Å². The van der Waals surface area contributed by atoms with Gasteiger partial charge in [-0.1, -0.05) is 24.3 Å². The predicted molar refractivity (Wildman–Crippen MR) is 124 cm³/mol. The summed E-state index contributed by atoms with van der Waals surface area (Å²) in [5.74, 6) is -0.390. The Kier molecular flexibility index (Phi) is 4.54. The molecule has 7 nitrogen and oxygen atoms in total. The number of hydrogen-bond donors (Lipinski definition) is 3. The Hall–Kier alpha value is -4.66. The van der Waals surface area contributed by atoms with Crippen molar-refractivity contribution < 1.29 is 8.78 Å². The summed E-state index contributed by atoms with van der Waals surface area (Å²) in [6, 6.07) is 9.71. The van der Waals surface area contributed by atoms with Crippen LogP contribution in [0.15, 0.2) is 73.0 Å². The third-order valence-electron chi connectivity index (χ3n) is 5.79. The SMILES string of the molecule is NC1=CC=C(c2ccccc2F)c2nc(-c3[nH]nc4c(F)cc(-c5cncnc5)cc34)[nH]c2C1. The van der Waals surface area contributed by atoms with Crippen molar-refractivity contribution in [1.82, 2.24) is 30.1 Å². The topological polar surface area (TPSA) is 109 Å². The van der Waals surface area contributed by atoms with E-state index in [1.54, 1.807) is 42.7 Å². The van der Waals surface area contributed by atoms with Crippen molar-refractivity contribution in [3.8, 4) is 22.6 Å². The van der Waals surface area contributed by atoms with E-state index in [1.165, 1.54) is 18.5 Å². The molecule has 0 atom stereocenters. The van der Waals surface area contributed by atoms with E-state index in [2.05, 4.69) is 25.1 Å². The number of nitrogens with zero attached hydrogens (tertiary/aromatic N) is 4. The quantitative estimate of drug-likeness (QED) is 0.372. The van der Waals surface area contributed by atoms with E-state index in [9.17, 15) is 8.78 Å². The number of imidazole rings is 1. The van der Waals surface area contributed by atoms with Crippen molar-refractivity contribution in [3.63, 3.8) is 0 Å². The van der Waals surface area contributed by atoms with Crippen LogP contribution in [-0.4, -0.2) is 30.1 Å². The summed E-state index contributed by atoms with van der Waals surface area (Å²) in [4.78, 5) is 16.1. The minimum absolute atomic E-state index is 0.187. The molecule has 166 valence electrons. The van der Waals surface area contributed by atoms with E-state index < -0.39 is 5.82 Å². The van der Waals surface area contributed by atoms with Gasteiger partial charge in [-0.3, -0.25) is 5.10 Å². The second kappa shape index (κ2) is 7.73. The molecule has 0 saturated heterocycles. The molecular weight excluding hydrogens is 436 g/mol. The van der Waals surface area contributed by atoms with Gasteiger partial charge in [-0.05, 0) is 29.8 Å². The summed E-state index contributed by atoms with van der Waals surface area (Å²) < 4.78 is 29.5. The first kappa shape index (κ1) is 20.0. The van der Waals surface area contributed by atoms with Crippen molar-refractivity contribution in [1.29, 1.82) is 0 Å². The zero-order chi connectivity index (χ0) is 23.2. The molecule has 9 heteroatoms. The van der Waals surface area contributed by atoms with Gasteiger partial charge in [0, 0.05) is 52.3 Å². The molecule has 5 aromatic rings. The van der Waals surface area contributed by atoms with Crippen LogP contribution in [-0.2, 0) is 6.42 Å². The highest BCUT2D eigenvalue weighted by atomic mass is 19.1. The zero-order valence-electron chi connectivity index (χ0n) is 17.7. The number of nitrogens with one attached hydrogen (secondary N) is 2. The van der Waals surface area contributed by atoms with E-state index in [0.29, 0.717) is 57.0 Å². The van der Waals surface area contributed by atoms with Gasteiger partial charge in [0.2, 0.25) is 0 Å². The molecule has 1 aliphatic rings. The number of H-pyrrole nitrogens is 2. The lowest BCUT2D eigenvalue weighted by Crippen LogP contribution is -2.01. The Morgan fingerprint density at radius 1 is 0.941 bits per heavy atom. The molecule has 0 spiro atoms. The number of nitrogens with two attached hydrogens (primary N) is 1. The summed E-state index contributed by atoms with van der Waals surface area (Å²) in [7, 11) is 0. The Morgan fingerprint density at radius 3 is 2.59 bits per heavy atom. The molecule has 2 aromatic carbocycles. The van der Waals surface area contributed by atoms with Gasteiger partial charge in [0.1, 0.15) is 23.4 Å². The Labute approximate surface area is 192 Å². The molecule has 34 heavy (non-hydrogen) atoms. The third-order valence-corrected chi connectivity index (χ3v) is 5.79. The molecule has 6 rings (SSSR count). The number of allylic oxidation sites excluding steroid dienone is 3. The largest absolute Gasteiger partial charge is 0.402 e. The number of aromatic amines is 2. The van der Waals surface area contributed by atoms with Crippen LogP contribution in [0.1, 0.15) is 17.0 Å². The van der Waals surface area contributed by atoms with E-state index in [-0.39, 0.29) is 11.3 Å². The normalized spacial score (nSPS) is 13.4. The van der Waals surface area contributed by atoms with Crippen LogP contribution in [0, 0.1) is 11.6 Å². The van der Waals surface area contributed by atoms with Crippen LogP contribution < -0.4 is 5.73 Å². The molecule has 0 fully saturated rings. The molecule has 4 N–H and O–H groups in total. The van der Waals surface area contributed by atoms with E-state index in [0.717, 1.165) is 5.69 Å². The van der Waals surface area contributed by atoms with Crippen molar-refractivity contribution in [3.05, 3.63) is 102 Å². The zero-order valence-corrected chi connectivity index (χ0v) is 17.7. The van der Waals surface area contributed by atoms with Crippen LogP contribution in [0.25, 0.3) is 39.1 Å². The summed E-state index contributed by atoms with van der Waals surface area (Å²) in [6.45, 7) is 0. The van der Waals surface area contributed by atoms with Gasteiger partial charge >= 0.3 is 0 Å². The second-order valence-electron chi connectivity index (χ2n) is 7.97. The van der Waals surface area contributed by atoms with E-state index in [4.69, 9.17) is 10.7 Å². The van der Waals surface area contributed by atoms with Gasteiger partial charge in [0.15, 0.2) is 11.6 Å². The molecule has 0 unspecified atom stereocenters. The smallest absolute Gasteiger partial charge is 0.157 e. The summed E-state index contributed by atoms with van der Waals surface area (Å²) in [5, 5.41) is 7.60. The number of hydrogen-bond acceptors (Lipinski definition) is 5. The molecule has 0 radical (unpaired) electrons. The standard InChI is InChI=1S/C25H17F2N7/c26-19-4-2-1-3-16(19)17-6-5-15(28)9-21-23(17)32-25(31-21)24-18-7-13(14-10-29-12-30-11-14)8-20(27)22(18)33-34-24/h1-8,10-12H,9,28H2,(H,31,32)(H,33,34). The first-order valence-corrected chi connectivity index (χ1v) is 10.5. The molecule has 3 aromatic heterocycles. The van der Waals surface area contributed by atoms with Crippen molar-refractivity contribution in [2.24, 2.45) is 5.73 Å². The molecule has 0 bridgehead atoms. The average Bonchev–Trinajstić information content (AvgIpc) is 3.42. The lowest BCUT2D eigenvalue weighted by molar-refractivity contribution is 0.624. The van der Waals surface area contributed by atoms with Gasteiger partial charge in [0.05, 0.1) is 5.69 Å². The minimum atomic E-state index is -0.480. The fourth-order valence-electron chi connectivity index (χ4n) is 4.18. The fourth-order valence-corrected chi connectivity index (χ4v) is 4.18. The van der Waals surface area contributed by atoms with Gasteiger partial charge in [0.25, 0.3) is 0 Å². The Morgan fingerprint density at radius 2 is 1.76 bits per heavy atom. The highest BCUT2D eigenvalue weighted by molar-refractivity contribution is 5.95. The molecule has 0 aliphatic heterocycles. The first-order chi connectivity index (χ1) is 16.6. The maximum Gasteiger partial charge on any atom is 0.157 e. The van der Waals surface area contributed by atoms with Crippen LogP contribution in [0.2, 0.25) is 0 Å². The number of benzene rings is 2. The van der Waals surface area contributed by atoms with Crippen molar-refractivity contribution in [2.45, 2.75) is 6.42 Å². The molecule has 3 heterocycles. The van der Waals surface area contributed by atoms with E-state index in [1.807, 2.05) is 6.07 Å². The summed E-state index contributed by atoms with van der Waals surface area (Å²) in [5.41, 5.74) is 11.1. The Bertz CT molecular complexity index is 1610. The van der Waals surface area contributed by atoms with Crippen molar-refractivity contribution >= 4 is 16.5 Å². The number of fused-ring (bicyclic) bond motifs is 2. The second-order valence-corrected chi connectivity index (χ2v) is 7.97. The third kappa shape index (κ3) is 3.25. The highest BCUT2D eigenvalue weighted by Gasteiger charge is 2.23. The highest BCUT2D eigenvalue weighted by Crippen LogP contribution is 2.35. The van der Waals surface area contributed by atoms with E-state index >= 15 is 0 Å². The average molecular weight is 453 g/mol. The molecule has 1 aliphatic carbocycles. The number of halogens is 2. The summed E-state index contributed by atoms with van der Waals surface area (Å²) in [6.07, 6.45) is 8.57. The fraction of sp³-hybridized carbons (Fsp3) is 0.0400. The predicted octanol–water partition coefficient (Wildman–Crippen LogP) is 4.52. The molecule has 0 amide bonds. The lowest BCUT2D eigenvalue weighted by atomic mass is 10.0. The lowest BCUT2D eigenvalue weighted by Gasteiger charge is -2.06. The number of rotatable bonds is 3. The Balaban J connectivity index is 1.52. The maximum absolute atomic E-state index is 14.9. The van der Waals surface area contributed by atoms with Gasteiger partial charge in [-0.2, -0.15) is 5.10 Å². The van der Waals surface area contributed by atoms with Gasteiger partial charge in [-0.25, -0.2) is 23.7 Å². The van der Waals surface area contributed by atoms with Crippen molar-refractivity contribution in [2.75, 3.05) is 0 Å². The molecule has 0 saturated carbocycles.